The van der Waals surface area contributed by atoms with Gasteiger partial charge < -0.3 is 20.5 Å². The van der Waals surface area contributed by atoms with E-state index in [0.717, 1.165) is 52.3 Å². The number of benzene rings is 2. The van der Waals surface area contributed by atoms with Crippen LogP contribution in [0.4, 0.5) is 17.3 Å². The SMILES string of the molecule is CN=C1NCNc2c1ccn2C1CCC(CCc2ccc3ccc(Nc4ccc(Cl)cc4)nc3c2)C1. The fraction of sp³-hybridized carbons (Fsp3) is 0.310. The largest absolute Gasteiger partial charge is 0.354 e. The summed E-state index contributed by atoms with van der Waals surface area (Å²) in [6, 6.07) is 21.3. The van der Waals surface area contributed by atoms with Crippen LogP contribution >= 0.6 is 11.6 Å². The number of hydrogen-bond acceptors (Lipinski definition) is 4. The molecule has 6 nitrogen and oxygen atoms in total. The maximum atomic E-state index is 6.01. The van der Waals surface area contributed by atoms with Crippen LogP contribution in [0.2, 0.25) is 5.02 Å². The summed E-state index contributed by atoms with van der Waals surface area (Å²) in [7, 11) is 1.85. The average molecular weight is 499 g/mol. The Balaban J connectivity index is 1.10. The van der Waals surface area contributed by atoms with Crippen LogP contribution in [0.15, 0.2) is 71.9 Å². The third-order valence-corrected chi connectivity index (χ3v) is 7.78. The molecule has 0 saturated heterocycles. The highest BCUT2D eigenvalue weighted by molar-refractivity contribution is 6.30. The number of aryl methyl sites for hydroxylation is 1. The number of nitrogens with zero attached hydrogens (tertiary/aromatic N) is 3. The number of halogens is 1. The van der Waals surface area contributed by atoms with Gasteiger partial charge in [-0.15, -0.1) is 0 Å². The van der Waals surface area contributed by atoms with Crippen molar-refractivity contribution in [3.8, 4) is 0 Å². The smallest absolute Gasteiger partial charge is 0.133 e. The van der Waals surface area contributed by atoms with E-state index in [0.29, 0.717) is 6.04 Å². The van der Waals surface area contributed by atoms with Gasteiger partial charge in [0.2, 0.25) is 0 Å². The first kappa shape index (κ1) is 22.9. The lowest BCUT2D eigenvalue weighted by Crippen LogP contribution is -2.35. The fourth-order valence-electron chi connectivity index (χ4n) is 5.64. The zero-order valence-corrected chi connectivity index (χ0v) is 21.2. The molecule has 7 heteroatoms. The maximum absolute atomic E-state index is 6.01. The van der Waals surface area contributed by atoms with Crippen LogP contribution in [0.3, 0.4) is 0 Å². The molecule has 2 aromatic heterocycles. The Labute approximate surface area is 216 Å². The van der Waals surface area contributed by atoms with Gasteiger partial charge in [0.1, 0.15) is 17.5 Å². The highest BCUT2D eigenvalue weighted by Gasteiger charge is 2.29. The van der Waals surface area contributed by atoms with Gasteiger partial charge in [-0.2, -0.15) is 0 Å². The summed E-state index contributed by atoms with van der Waals surface area (Å²) in [6.45, 7) is 0.729. The van der Waals surface area contributed by atoms with Gasteiger partial charge in [0.15, 0.2) is 0 Å². The Hall–Kier alpha value is -3.51. The number of nitrogens with one attached hydrogen (secondary N) is 3. The van der Waals surface area contributed by atoms with E-state index in [4.69, 9.17) is 16.6 Å². The quantitative estimate of drug-likeness (QED) is 0.275. The van der Waals surface area contributed by atoms with Crippen molar-refractivity contribution in [1.82, 2.24) is 14.9 Å². The van der Waals surface area contributed by atoms with Gasteiger partial charge in [0.25, 0.3) is 0 Å². The van der Waals surface area contributed by atoms with E-state index >= 15 is 0 Å². The Morgan fingerprint density at radius 3 is 2.78 bits per heavy atom. The minimum absolute atomic E-state index is 0.558. The van der Waals surface area contributed by atoms with Gasteiger partial charge in [-0.25, -0.2) is 4.98 Å². The molecule has 0 spiro atoms. The van der Waals surface area contributed by atoms with Gasteiger partial charge in [0, 0.05) is 35.4 Å². The Morgan fingerprint density at radius 1 is 1.06 bits per heavy atom. The molecule has 1 fully saturated rings. The molecule has 0 amide bonds. The van der Waals surface area contributed by atoms with E-state index in [1.807, 2.05) is 37.4 Å². The molecule has 0 radical (unpaired) electrons. The second-order valence-electron chi connectivity index (χ2n) is 9.81. The highest BCUT2D eigenvalue weighted by atomic mass is 35.5. The molecule has 1 aliphatic heterocycles. The molecule has 6 rings (SSSR count). The van der Waals surface area contributed by atoms with Gasteiger partial charge >= 0.3 is 0 Å². The first-order valence-corrected chi connectivity index (χ1v) is 13.1. The number of anilines is 3. The predicted octanol–water partition coefficient (Wildman–Crippen LogP) is 6.76. The lowest BCUT2D eigenvalue weighted by atomic mass is 9.97. The topological polar surface area (TPSA) is 66.3 Å². The third-order valence-electron chi connectivity index (χ3n) is 7.53. The van der Waals surface area contributed by atoms with Crippen molar-refractivity contribution in [3.63, 3.8) is 0 Å². The molecule has 2 atom stereocenters. The molecule has 2 aliphatic rings. The van der Waals surface area contributed by atoms with Gasteiger partial charge in [0.05, 0.1) is 17.7 Å². The van der Waals surface area contributed by atoms with Crippen molar-refractivity contribution in [2.24, 2.45) is 10.9 Å². The summed E-state index contributed by atoms with van der Waals surface area (Å²) in [5.74, 6) is 3.78. The van der Waals surface area contributed by atoms with E-state index in [2.05, 4.69) is 62.0 Å². The standard InChI is InChI=1S/C29H31ClN6/c1-31-28-25-14-15-36(29(25)33-18-32-28)24-12-5-19(16-24)2-3-20-4-6-21-7-13-27(35-26(21)17-20)34-23-10-8-22(30)9-11-23/h4,6-11,13-15,17,19,24,33H,2-3,5,12,16,18H2,1H3,(H,31,32)(H,34,35). The minimum atomic E-state index is 0.558. The summed E-state index contributed by atoms with van der Waals surface area (Å²) in [6.07, 6.45) is 8.28. The van der Waals surface area contributed by atoms with Crippen molar-refractivity contribution >= 4 is 45.7 Å². The van der Waals surface area contributed by atoms with Crippen LogP contribution in [0.1, 0.15) is 42.9 Å². The Bertz CT molecular complexity index is 1410. The van der Waals surface area contributed by atoms with Crippen molar-refractivity contribution in [2.45, 2.75) is 38.1 Å². The van der Waals surface area contributed by atoms with E-state index in [-0.39, 0.29) is 0 Å². The van der Waals surface area contributed by atoms with Crippen LogP contribution < -0.4 is 16.0 Å². The Morgan fingerprint density at radius 2 is 1.92 bits per heavy atom. The second-order valence-corrected chi connectivity index (χ2v) is 10.3. The number of hydrogen-bond donors (Lipinski definition) is 3. The summed E-state index contributed by atoms with van der Waals surface area (Å²) in [5.41, 5.74) is 4.55. The number of pyridine rings is 1. The van der Waals surface area contributed by atoms with Crippen LogP contribution in [-0.2, 0) is 6.42 Å². The van der Waals surface area contributed by atoms with Crippen LogP contribution in [0.25, 0.3) is 10.9 Å². The zero-order valence-electron chi connectivity index (χ0n) is 20.5. The van der Waals surface area contributed by atoms with Crippen LogP contribution in [0, 0.1) is 5.92 Å². The summed E-state index contributed by atoms with van der Waals surface area (Å²) < 4.78 is 2.44. The molecule has 1 saturated carbocycles. The van der Waals surface area contributed by atoms with Crippen molar-refractivity contribution in [2.75, 3.05) is 24.3 Å². The molecule has 184 valence electrons. The number of rotatable bonds is 6. The minimum Gasteiger partial charge on any atom is -0.354 e. The summed E-state index contributed by atoms with van der Waals surface area (Å²) in [5, 5.41) is 12.1. The van der Waals surface area contributed by atoms with Crippen molar-refractivity contribution < 1.29 is 0 Å². The van der Waals surface area contributed by atoms with Crippen LogP contribution in [0.5, 0.6) is 0 Å². The predicted molar refractivity (Wildman–Crippen MR) is 150 cm³/mol. The number of amidine groups is 1. The lowest BCUT2D eigenvalue weighted by Gasteiger charge is -2.23. The van der Waals surface area contributed by atoms with E-state index in [1.54, 1.807) is 0 Å². The first-order chi connectivity index (χ1) is 17.7. The normalized spacial score (nSPS) is 20.2. The van der Waals surface area contributed by atoms with Gasteiger partial charge in [-0.05, 0) is 92.1 Å². The van der Waals surface area contributed by atoms with E-state index in [9.17, 15) is 0 Å². The molecular formula is C29H31ClN6. The Kier molecular flexibility index (Phi) is 6.28. The molecule has 2 aromatic carbocycles. The van der Waals surface area contributed by atoms with Gasteiger partial charge in [-0.3, -0.25) is 4.99 Å². The maximum Gasteiger partial charge on any atom is 0.133 e. The average Bonchev–Trinajstić information content (AvgIpc) is 3.55. The number of aliphatic imine (C=N–C) groups is 1. The molecule has 1 aliphatic carbocycles. The number of fused-ring (bicyclic) bond motifs is 2. The molecule has 3 N–H and O–H groups in total. The van der Waals surface area contributed by atoms with Crippen molar-refractivity contribution in [1.29, 1.82) is 0 Å². The molecular weight excluding hydrogens is 468 g/mol. The molecule has 0 bridgehead atoms. The van der Waals surface area contributed by atoms with E-state index in [1.165, 1.54) is 42.6 Å². The lowest BCUT2D eigenvalue weighted by molar-refractivity contribution is 0.458. The highest BCUT2D eigenvalue weighted by Crippen LogP contribution is 2.40. The molecule has 4 aromatic rings. The first-order valence-electron chi connectivity index (χ1n) is 12.7. The second kappa shape index (κ2) is 9.86. The summed E-state index contributed by atoms with van der Waals surface area (Å²) in [4.78, 5) is 9.26. The van der Waals surface area contributed by atoms with Crippen molar-refractivity contribution in [3.05, 3.63) is 83.0 Å². The fourth-order valence-corrected chi connectivity index (χ4v) is 5.76. The number of aromatic nitrogens is 2. The van der Waals surface area contributed by atoms with Crippen LogP contribution in [-0.4, -0.2) is 29.1 Å². The van der Waals surface area contributed by atoms with Gasteiger partial charge in [-0.1, -0.05) is 23.7 Å². The monoisotopic (exact) mass is 498 g/mol. The third kappa shape index (κ3) is 4.65. The van der Waals surface area contributed by atoms with E-state index < -0.39 is 0 Å². The zero-order chi connectivity index (χ0) is 24.5. The molecule has 3 heterocycles. The molecule has 2 unspecified atom stereocenters. The molecule has 36 heavy (non-hydrogen) atoms. The summed E-state index contributed by atoms with van der Waals surface area (Å²) >= 11 is 6.01.